The van der Waals surface area contributed by atoms with Crippen LogP contribution in [0, 0.1) is 5.82 Å². The first kappa shape index (κ1) is 21.0. The number of aromatic hydroxyl groups is 1. The Bertz CT molecular complexity index is 938. The van der Waals surface area contributed by atoms with E-state index >= 15 is 0 Å². The molecule has 0 radical (unpaired) electrons. The fourth-order valence-electron chi connectivity index (χ4n) is 4.43. The molecule has 2 aliphatic rings. The molecule has 2 saturated heterocycles. The van der Waals surface area contributed by atoms with Crippen LogP contribution in [-0.2, 0) is 11.3 Å². The molecule has 0 aromatic heterocycles. The Morgan fingerprint density at radius 2 is 1.83 bits per heavy atom. The van der Waals surface area contributed by atoms with Crippen LogP contribution in [0.5, 0.6) is 5.75 Å². The zero-order valence-electron chi connectivity index (χ0n) is 16.2. The summed E-state index contributed by atoms with van der Waals surface area (Å²) in [6.07, 6.45) is 0.693. The van der Waals surface area contributed by atoms with Crippen LogP contribution in [0.25, 0.3) is 0 Å². The van der Waals surface area contributed by atoms with Gasteiger partial charge in [0.2, 0.25) is 5.91 Å². The summed E-state index contributed by atoms with van der Waals surface area (Å²) < 4.78 is 43.5. The van der Waals surface area contributed by atoms with E-state index in [9.17, 15) is 23.1 Å². The van der Waals surface area contributed by atoms with Gasteiger partial charge in [0.25, 0.3) is 5.92 Å². The highest BCUT2D eigenvalue weighted by molar-refractivity contribution is 6.30. The normalized spacial score (nSPS) is 24.4. The second kappa shape index (κ2) is 8.12. The maximum Gasteiger partial charge on any atom is 0.267 e. The Labute approximate surface area is 177 Å². The molecule has 160 valence electrons. The van der Waals surface area contributed by atoms with Gasteiger partial charge in [-0.1, -0.05) is 29.8 Å². The van der Waals surface area contributed by atoms with Crippen molar-refractivity contribution in [2.45, 2.75) is 37.3 Å². The summed E-state index contributed by atoms with van der Waals surface area (Å²) in [6, 6.07) is 9.68. The lowest BCUT2D eigenvalue weighted by Crippen LogP contribution is -2.53. The van der Waals surface area contributed by atoms with Crippen molar-refractivity contribution in [1.29, 1.82) is 0 Å². The van der Waals surface area contributed by atoms with Gasteiger partial charge in [0.1, 0.15) is 11.6 Å². The number of carbonyl (C=O) groups is 1. The van der Waals surface area contributed by atoms with Crippen molar-refractivity contribution in [2.75, 3.05) is 19.6 Å². The van der Waals surface area contributed by atoms with E-state index < -0.39 is 30.2 Å². The van der Waals surface area contributed by atoms with Crippen LogP contribution in [0.2, 0.25) is 5.02 Å². The standard InChI is InChI=1S/C22H22ClF3N2O2/c23-18-6-1-14(11-19(18)24)12-27-10-8-20(21(27)30)28-9-7-17(22(25,26)13-28)15-2-4-16(29)5-3-15/h1-6,11,17,20,29H,7-10,12-13H2. The number of nitrogens with zero attached hydrogens (tertiary/aromatic N) is 2. The van der Waals surface area contributed by atoms with E-state index in [0.717, 1.165) is 0 Å². The second-order valence-electron chi connectivity index (χ2n) is 7.98. The van der Waals surface area contributed by atoms with Gasteiger partial charge in [-0.3, -0.25) is 9.69 Å². The molecule has 2 aromatic rings. The summed E-state index contributed by atoms with van der Waals surface area (Å²) >= 11 is 5.70. The van der Waals surface area contributed by atoms with E-state index in [-0.39, 0.29) is 29.6 Å². The molecule has 0 saturated carbocycles. The Hall–Kier alpha value is -2.25. The smallest absolute Gasteiger partial charge is 0.267 e. The van der Waals surface area contributed by atoms with Gasteiger partial charge >= 0.3 is 0 Å². The molecule has 4 rings (SSSR count). The molecule has 4 nitrogen and oxygen atoms in total. The van der Waals surface area contributed by atoms with Gasteiger partial charge < -0.3 is 10.0 Å². The number of likely N-dealkylation sites (tertiary alicyclic amines) is 2. The first-order valence-electron chi connectivity index (χ1n) is 9.88. The lowest BCUT2D eigenvalue weighted by atomic mass is 9.85. The number of amides is 1. The van der Waals surface area contributed by atoms with Gasteiger partial charge in [-0.2, -0.15) is 0 Å². The Morgan fingerprint density at radius 1 is 1.10 bits per heavy atom. The van der Waals surface area contributed by atoms with Crippen LogP contribution in [0.15, 0.2) is 42.5 Å². The van der Waals surface area contributed by atoms with Crippen molar-refractivity contribution in [3.8, 4) is 5.75 Å². The van der Waals surface area contributed by atoms with E-state index in [2.05, 4.69) is 0 Å². The van der Waals surface area contributed by atoms with Crippen molar-refractivity contribution in [1.82, 2.24) is 9.80 Å². The lowest BCUT2D eigenvalue weighted by Gasteiger charge is -2.40. The zero-order valence-corrected chi connectivity index (χ0v) is 17.0. The van der Waals surface area contributed by atoms with Crippen LogP contribution in [-0.4, -0.2) is 52.4 Å². The molecule has 2 fully saturated rings. The minimum atomic E-state index is -2.98. The first-order chi connectivity index (χ1) is 14.2. The zero-order chi connectivity index (χ0) is 21.5. The number of phenols is 1. The summed E-state index contributed by atoms with van der Waals surface area (Å²) in [5, 5.41) is 9.41. The van der Waals surface area contributed by atoms with Gasteiger partial charge in [-0.25, -0.2) is 13.2 Å². The van der Waals surface area contributed by atoms with E-state index in [0.29, 0.717) is 30.6 Å². The van der Waals surface area contributed by atoms with Crippen molar-refractivity contribution >= 4 is 17.5 Å². The number of phenolic OH excluding ortho intramolecular Hbond substituents is 1. The number of hydrogen-bond donors (Lipinski definition) is 1. The molecule has 2 heterocycles. The van der Waals surface area contributed by atoms with Crippen molar-refractivity contribution in [3.05, 3.63) is 64.4 Å². The molecule has 8 heteroatoms. The fraction of sp³-hybridized carbons (Fsp3) is 0.409. The van der Waals surface area contributed by atoms with Gasteiger partial charge in [0.15, 0.2) is 0 Å². The number of halogens is 4. The lowest BCUT2D eigenvalue weighted by molar-refractivity contribution is -0.138. The van der Waals surface area contributed by atoms with Gasteiger partial charge in [0, 0.05) is 13.1 Å². The van der Waals surface area contributed by atoms with Crippen LogP contribution >= 0.6 is 11.6 Å². The molecule has 0 aliphatic carbocycles. The third kappa shape index (κ3) is 4.14. The number of hydrogen-bond acceptors (Lipinski definition) is 3. The number of piperidine rings is 1. The summed E-state index contributed by atoms with van der Waals surface area (Å²) in [7, 11) is 0. The van der Waals surface area contributed by atoms with Gasteiger partial charge in [-0.05, 0) is 54.8 Å². The molecule has 30 heavy (non-hydrogen) atoms. The predicted molar refractivity (Wildman–Crippen MR) is 107 cm³/mol. The molecule has 1 N–H and O–H groups in total. The van der Waals surface area contributed by atoms with E-state index in [4.69, 9.17) is 11.6 Å². The number of benzene rings is 2. The van der Waals surface area contributed by atoms with Crippen molar-refractivity contribution < 1.29 is 23.1 Å². The summed E-state index contributed by atoms with van der Waals surface area (Å²) in [6.45, 7) is 0.570. The Morgan fingerprint density at radius 3 is 2.50 bits per heavy atom. The molecule has 0 bridgehead atoms. The monoisotopic (exact) mass is 438 g/mol. The maximum absolute atomic E-state index is 14.9. The molecule has 2 aromatic carbocycles. The molecular formula is C22H22ClF3N2O2. The predicted octanol–water partition coefficient (Wildman–Crippen LogP) is 4.41. The fourth-order valence-corrected chi connectivity index (χ4v) is 4.54. The second-order valence-corrected chi connectivity index (χ2v) is 8.38. The van der Waals surface area contributed by atoms with Crippen molar-refractivity contribution in [3.63, 3.8) is 0 Å². The molecular weight excluding hydrogens is 417 g/mol. The highest BCUT2D eigenvalue weighted by Gasteiger charge is 2.49. The molecule has 1 amide bonds. The number of rotatable bonds is 4. The minimum absolute atomic E-state index is 0.0168. The number of carbonyl (C=O) groups excluding carboxylic acids is 1. The summed E-state index contributed by atoms with van der Waals surface area (Å²) in [4.78, 5) is 16.0. The minimum Gasteiger partial charge on any atom is -0.508 e. The molecule has 2 aliphatic heterocycles. The van der Waals surface area contributed by atoms with Gasteiger partial charge in [-0.15, -0.1) is 0 Å². The third-order valence-corrected chi connectivity index (χ3v) is 6.30. The van der Waals surface area contributed by atoms with E-state index in [1.54, 1.807) is 15.9 Å². The number of alkyl halides is 2. The Kier molecular flexibility index (Phi) is 5.68. The largest absolute Gasteiger partial charge is 0.508 e. The van der Waals surface area contributed by atoms with Crippen LogP contribution in [0.4, 0.5) is 13.2 Å². The van der Waals surface area contributed by atoms with Crippen molar-refractivity contribution in [2.24, 2.45) is 0 Å². The SMILES string of the molecule is O=C1C(N2CCC(c3ccc(O)cc3)C(F)(F)C2)CCN1Cc1ccc(Cl)c(F)c1. The first-order valence-corrected chi connectivity index (χ1v) is 10.3. The van der Waals surface area contributed by atoms with E-state index in [1.807, 2.05) is 0 Å². The van der Waals surface area contributed by atoms with Crippen LogP contribution < -0.4 is 0 Å². The molecule has 0 spiro atoms. The molecule has 2 atom stereocenters. The third-order valence-electron chi connectivity index (χ3n) is 5.99. The quantitative estimate of drug-likeness (QED) is 0.769. The van der Waals surface area contributed by atoms with Crippen LogP contribution in [0.3, 0.4) is 0 Å². The average molecular weight is 439 g/mol. The average Bonchev–Trinajstić information content (AvgIpc) is 3.05. The van der Waals surface area contributed by atoms with E-state index in [1.165, 1.54) is 36.4 Å². The summed E-state index contributed by atoms with van der Waals surface area (Å²) in [5.41, 5.74) is 1.10. The highest BCUT2D eigenvalue weighted by Crippen LogP contribution is 2.42. The topological polar surface area (TPSA) is 43.8 Å². The Balaban J connectivity index is 1.42. The summed E-state index contributed by atoms with van der Waals surface area (Å²) in [5.74, 6) is -4.64. The maximum atomic E-state index is 14.9. The molecule has 2 unspecified atom stereocenters. The van der Waals surface area contributed by atoms with Gasteiger partial charge in [0.05, 0.1) is 23.5 Å². The van der Waals surface area contributed by atoms with Crippen LogP contribution in [0.1, 0.15) is 29.9 Å². The highest BCUT2D eigenvalue weighted by atomic mass is 35.5.